The Morgan fingerprint density at radius 3 is 3.07 bits per heavy atom. The molecule has 2 rings (SSSR count). The maximum Gasteiger partial charge on any atom is 0.156 e. The number of nitrogens with one attached hydrogen (secondary N) is 1. The van der Waals surface area contributed by atoms with E-state index >= 15 is 0 Å². The average molecular weight is 227 g/mol. The fraction of sp³-hybridized carbons (Fsp3) is 0.909. The van der Waals surface area contributed by atoms with Crippen LogP contribution in [-0.4, -0.2) is 48.5 Å². The zero-order valence-corrected chi connectivity index (χ0v) is 10.5. The number of hydrogen-bond donors (Lipinski definition) is 1. The second-order valence-corrected chi connectivity index (χ2v) is 5.63. The Morgan fingerprint density at radius 1 is 1.60 bits per heavy atom. The van der Waals surface area contributed by atoms with Crippen molar-refractivity contribution in [3.05, 3.63) is 0 Å². The van der Waals surface area contributed by atoms with Gasteiger partial charge in [-0.15, -0.1) is 0 Å². The van der Waals surface area contributed by atoms with Crippen LogP contribution in [-0.2, 0) is 0 Å². The number of aliphatic imine (C=N–C) groups is 1. The summed E-state index contributed by atoms with van der Waals surface area (Å²) in [5, 5.41) is 4.65. The summed E-state index contributed by atoms with van der Waals surface area (Å²) in [5.41, 5.74) is 0. The number of nitrogens with zero attached hydrogens (tertiary/aromatic N) is 2. The Balaban J connectivity index is 1.75. The summed E-state index contributed by atoms with van der Waals surface area (Å²) in [6.45, 7) is 5.70. The highest BCUT2D eigenvalue weighted by Gasteiger charge is 2.21. The Labute approximate surface area is 96.7 Å². The van der Waals surface area contributed by atoms with Gasteiger partial charge in [-0.05, 0) is 32.4 Å². The van der Waals surface area contributed by atoms with Gasteiger partial charge in [0, 0.05) is 24.9 Å². The van der Waals surface area contributed by atoms with Crippen LogP contribution in [0.15, 0.2) is 4.99 Å². The lowest BCUT2D eigenvalue weighted by atomic mass is 10.1. The van der Waals surface area contributed by atoms with Gasteiger partial charge >= 0.3 is 0 Å². The molecule has 2 heterocycles. The molecule has 0 amide bonds. The molecule has 0 spiro atoms. The molecule has 2 aliphatic heterocycles. The molecule has 0 aromatic rings. The zero-order chi connectivity index (χ0) is 10.7. The van der Waals surface area contributed by atoms with Crippen LogP contribution < -0.4 is 5.32 Å². The van der Waals surface area contributed by atoms with E-state index in [1.54, 1.807) is 0 Å². The molecule has 0 aliphatic carbocycles. The molecule has 0 aromatic heterocycles. The first-order valence-corrected chi connectivity index (χ1v) is 6.88. The SMILES string of the molecule is CCC1CSC(=NCC2CCN(C)C2)N1. The van der Waals surface area contributed by atoms with E-state index in [9.17, 15) is 0 Å². The van der Waals surface area contributed by atoms with E-state index in [1.807, 2.05) is 11.8 Å². The number of hydrogen-bond acceptors (Lipinski definition) is 3. The molecule has 15 heavy (non-hydrogen) atoms. The van der Waals surface area contributed by atoms with Gasteiger partial charge < -0.3 is 10.2 Å². The summed E-state index contributed by atoms with van der Waals surface area (Å²) in [5.74, 6) is 1.98. The monoisotopic (exact) mass is 227 g/mol. The predicted octanol–water partition coefficient (Wildman–Crippen LogP) is 1.41. The highest BCUT2D eigenvalue weighted by Crippen LogP contribution is 2.18. The standard InChI is InChI=1S/C11H21N3S/c1-3-10-8-15-11(13-10)12-6-9-4-5-14(2)7-9/h9-10H,3-8H2,1-2H3,(H,12,13). The van der Waals surface area contributed by atoms with Crippen molar-refractivity contribution in [2.24, 2.45) is 10.9 Å². The van der Waals surface area contributed by atoms with Gasteiger partial charge in [0.05, 0.1) is 0 Å². The van der Waals surface area contributed by atoms with Crippen LogP contribution in [0.4, 0.5) is 0 Å². The van der Waals surface area contributed by atoms with Crippen LogP contribution >= 0.6 is 11.8 Å². The summed E-state index contributed by atoms with van der Waals surface area (Å²) in [6, 6.07) is 0.653. The second kappa shape index (κ2) is 5.21. The van der Waals surface area contributed by atoms with E-state index in [0.717, 1.165) is 12.5 Å². The number of amidine groups is 1. The molecule has 2 unspecified atom stereocenters. The summed E-state index contributed by atoms with van der Waals surface area (Å²) in [6.07, 6.45) is 2.52. The van der Waals surface area contributed by atoms with Crippen molar-refractivity contribution < 1.29 is 0 Å². The molecule has 2 atom stereocenters. The topological polar surface area (TPSA) is 27.6 Å². The summed E-state index contributed by atoms with van der Waals surface area (Å²) in [4.78, 5) is 7.08. The molecule has 4 heteroatoms. The van der Waals surface area contributed by atoms with Crippen LogP contribution in [0.3, 0.4) is 0 Å². The van der Waals surface area contributed by atoms with E-state index < -0.39 is 0 Å². The lowest BCUT2D eigenvalue weighted by Gasteiger charge is -2.08. The third kappa shape index (κ3) is 3.11. The molecule has 2 fully saturated rings. The van der Waals surface area contributed by atoms with Crippen molar-refractivity contribution in [2.75, 3.05) is 32.4 Å². The third-order valence-electron chi connectivity index (χ3n) is 3.22. The van der Waals surface area contributed by atoms with Crippen molar-refractivity contribution in [3.63, 3.8) is 0 Å². The van der Waals surface area contributed by atoms with Crippen LogP contribution in [0, 0.1) is 5.92 Å². The highest BCUT2D eigenvalue weighted by atomic mass is 32.2. The Kier molecular flexibility index (Phi) is 3.92. The molecule has 0 saturated carbocycles. The lowest BCUT2D eigenvalue weighted by Crippen LogP contribution is -2.26. The van der Waals surface area contributed by atoms with Crippen LogP contribution in [0.25, 0.3) is 0 Å². The average Bonchev–Trinajstić information content (AvgIpc) is 2.83. The summed E-state index contributed by atoms with van der Waals surface area (Å²) in [7, 11) is 2.20. The third-order valence-corrected chi connectivity index (χ3v) is 4.31. The molecule has 3 nitrogen and oxygen atoms in total. The lowest BCUT2D eigenvalue weighted by molar-refractivity contribution is 0.397. The first-order chi connectivity index (χ1) is 7.28. The van der Waals surface area contributed by atoms with E-state index in [0.29, 0.717) is 6.04 Å². The molecule has 0 aromatic carbocycles. The molecule has 2 aliphatic rings. The second-order valence-electron chi connectivity index (χ2n) is 4.62. The van der Waals surface area contributed by atoms with Gasteiger partial charge in [0.25, 0.3) is 0 Å². The molecule has 0 radical (unpaired) electrons. The highest BCUT2D eigenvalue weighted by molar-refractivity contribution is 8.14. The normalized spacial score (nSPS) is 34.9. The van der Waals surface area contributed by atoms with Crippen molar-refractivity contribution in [1.82, 2.24) is 10.2 Å². The maximum atomic E-state index is 4.68. The van der Waals surface area contributed by atoms with Gasteiger partial charge in [-0.25, -0.2) is 0 Å². The van der Waals surface area contributed by atoms with Gasteiger partial charge in [0.2, 0.25) is 0 Å². The van der Waals surface area contributed by atoms with Gasteiger partial charge in [0.1, 0.15) is 0 Å². The Bertz CT molecular complexity index is 242. The molecule has 2 saturated heterocycles. The summed E-state index contributed by atoms with van der Waals surface area (Å²) < 4.78 is 0. The fourth-order valence-electron chi connectivity index (χ4n) is 2.14. The predicted molar refractivity (Wildman–Crippen MR) is 67.6 cm³/mol. The number of thioether (sulfide) groups is 1. The van der Waals surface area contributed by atoms with Gasteiger partial charge in [-0.2, -0.15) is 0 Å². The number of likely N-dealkylation sites (tertiary alicyclic amines) is 1. The van der Waals surface area contributed by atoms with Gasteiger partial charge in [-0.3, -0.25) is 4.99 Å². The Hall–Kier alpha value is -0.220. The molecule has 0 bridgehead atoms. The quantitative estimate of drug-likeness (QED) is 0.790. The molecular weight excluding hydrogens is 206 g/mol. The van der Waals surface area contributed by atoms with Gasteiger partial charge in [0.15, 0.2) is 5.17 Å². The largest absolute Gasteiger partial charge is 0.361 e. The van der Waals surface area contributed by atoms with E-state index in [-0.39, 0.29) is 0 Å². The van der Waals surface area contributed by atoms with Crippen molar-refractivity contribution in [2.45, 2.75) is 25.8 Å². The van der Waals surface area contributed by atoms with E-state index in [1.165, 1.54) is 36.9 Å². The smallest absolute Gasteiger partial charge is 0.156 e. The van der Waals surface area contributed by atoms with E-state index in [4.69, 9.17) is 0 Å². The molecule has 86 valence electrons. The zero-order valence-electron chi connectivity index (χ0n) is 9.70. The first-order valence-electron chi connectivity index (χ1n) is 5.90. The minimum Gasteiger partial charge on any atom is -0.361 e. The molecule has 1 N–H and O–H groups in total. The Morgan fingerprint density at radius 2 is 2.47 bits per heavy atom. The van der Waals surface area contributed by atoms with Crippen molar-refractivity contribution in [1.29, 1.82) is 0 Å². The number of rotatable bonds is 3. The van der Waals surface area contributed by atoms with Crippen LogP contribution in [0.5, 0.6) is 0 Å². The summed E-state index contributed by atoms with van der Waals surface area (Å²) >= 11 is 1.88. The van der Waals surface area contributed by atoms with Crippen LogP contribution in [0.2, 0.25) is 0 Å². The molecular formula is C11H21N3S. The van der Waals surface area contributed by atoms with E-state index in [2.05, 4.69) is 29.2 Å². The van der Waals surface area contributed by atoms with Crippen molar-refractivity contribution >= 4 is 16.9 Å². The minimum atomic E-state index is 0.653. The first kappa shape index (κ1) is 11.3. The van der Waals surface area contributed by atoms with Crippen LogP contribution in [0.1, 0.15) is 19.8 Å². The van der Waals surface area contributed by atoms with Crippen molar-refractivity contribution in [3.8, 4) is 0 Å². The fourth-order valence-corrected chi connectivity index (χ4v) is 3.23. The maximum absolute atomic E-state index is 4.68. The van der Waals surface area contributed by atoms with Gasteiger partial charge in [-0.1, -0.05) is 18.7 Å². The minimum absolute atomic E-state index is 0.653.